The number of nitro groups is 1. The van der Waals surface area contributed by atoms with Crippen LogP contribution in [0.5, 0.6) is 0 Å². The van der Waals surface area contributed by atoms with E-state index in [-0.39, 0.29) is 17.8 Å². The normalized spacial score (nSPS) is 17.3. The van der Waals surface area contributed by atoms with Crippen LogP contribution in [0.2, 0.25) is 0 Å². The molecule has 1 aliphatic heterocycles. The molecule has 0 unspecified atom stereocenters. The molecule has 0 saturated carbocycles. The van der Waals surface area contributed by atoms with Crippen LogP contribution in [-0.2, 0) is 0 Å². The number of anilines is 1. The molecule has 0 spiro atoms. The SMILES string of the molecule is C[C@@H](NC(=S)Nc1ccc([N+](=O)[O-])cc1)[C@@H](c1ccccc1)N1CCN(C)CC1. The van der Waals surface area contributed by atoms with E-state index in [2.05, 4.69) is 58.7 Å². The van der Waals surface area contributed by atoms with Crippen LogP contribution in [0.4, 0.5) is 11.4 Å². The van der Waals surface area contributed by atoms with E-state index < -0.39 is 4.92 Å². The predicted octanol–water partition coefficient (Wildman–Crippen LogP) is 3.26. The van der Waals surface area contributed by atoms with Gasteiger partial charge in [-0.3, -0.25) is 15.0 Å². The number of non-ortho nitro benzene ring substituents is 1. The van der Waals surface area contributed by atoms with Crippen LogP contribution in [0.3, 0.4) is 0 Å². The molecule has 1 fully saturated rings. The molecule has 29 heavy (non-hydrogen) atoms. The van der Waals surface area contributed by atoms with E-state index in [1.54, 1.807) is 12.1 Å². The largest absolute Gasteiger partial charge is 0.358 e. The standard InChI is InChI=1S/C21H27N5O2S/c1-16(22-21(29)23-18-8-10-19(11-9-18)26(27)28)20(17-6-4-3-5-7-17)25-14-12-24(2)13-15-25/h3-11,16,20H,12-15H2,1-2H3,(H2,22,23,29)/t16-,20+/m1/s1. The molecule has 8 heteroatoms. The highest BCUT2D eigenvalue weighted by atomic mass is 32.1. The predicted molar refractivity (Wildman–Crippen MR) is 120 cm³/mol. The van der Waals surface area contributed by atoms with Crippen LogP contribution in [0, 0.1) is 10.1 Å². The Balaban J connectivity index is 1.68. The molecule has 7 nitrogen and oxygen atoms in total. The zero-order valence-corrected chi connectivity index (χ0v) is 17.6. The molecule has 1 heterocycles. The molecule has 2 aromatic carbocycles. The third kappa shape index (κ3) is 5.72. The first-order valence-electron chi connectivity index (χ1n) is 9.73. The third-order valence-electron chi connectivity index (χ3n) is 5.24. The zero-order valence-electron chi connectivity index (χ0n) is 16.7. The minimum Gasteiger partial charge on any atom is -0.358 e. The summed E-state index contributed by atoms with van der Waals surface area (Å²) >= 11 is 5.50. The van der Waals surface area contributed by atoms with Crippen molar-refractivity contribution in [1.82, 2.24) is 15.1 Å². The summed E-state index contributed by atoms with van der Waals surface area (Å²) in [5, 5.41) is 17.8. The highest BCUT2D eigenvalue weighted by Gasteiger charge is 2.28. The summed E-state index contributed by atoms with van der Waals surface area (Å²) in [4.78, 5) is 15.2. The summed E-state index contributed by atoms with van der Waals surface area (Å²) in [5.41, 5.74) is 2.04. The van der Waals surface area contributed by atoms with E-state index in [1.807, 2.05) is 6.07 Å². The van der Waals surface area contributed by atoms with Gasteiger partial charge in [0, 0.05) is 50.0 Å². The fourth-order valence-corrected chi connectivity index (χ4v) is 3.99. The molecule has 1 saturated heterocycles. The number of nitrogens with zero attached hydrogens (tertiary/aromatic N) is 3. The number of thiocarbonyl (C=S) groups is 1. The van der Waals surface area contributed by atoms with E-state index in [0.29, 0.717) is 5.11 Å². The van der Waals surface area contributed by atoms with Gasteiger partial charge in [-0.25, -0.2) is 0 Å². The van der Waals surface area contributed by atoms with Crippen molar-refractivity contribution < 1.29 is 4.92 Å². The quantitative estimate of drug-likeness (QED) is 0.428. The summed E-state index contributed by atoms with van der Waals surface area (Å²) in [7, 11) is 2.15. The second-order valence-corrected chi connectivity index (χ2v) is 7.79. The third-order valence-corrected chi connectivity index (χ3v) is 5.46. The van der Waals surface area contributed by atoms with Crippen molar-refractivity contribution in [3.8, 4) is 0 Å². The first-order chi connectivity index (χ1) is 13.9. The van der Waals surface area contributed by atoms with Gasteiger partial charge in [-0.2, -0.15) is 0 Å². The van der Waals surface area contributed by atoms with Crippen molar-refractivity contribution in [2.24, 2.45) is 0 Å². The second-order valence-electron chi connectivity index (χ2n) is 7.39. The molecule has 0 aromatic heterocycles. The lowest BCUT2D eigenvalue weighted by Gasteiger charge is -2.41. The number of nitro benzene ring substituents is 1. The van der Waals surface area contributed by atoms with Crippen molar-refractivity contribution in [2.75, 3.05) is 38.5 Å². The maximum absolute atomic E-state index is 10.8. The zero-order chi connectivity index (χ0) is 20.8. The smallest absolute Gasteiger partial charge is 0.269 e. The number of hydrogen-bond donors (Lipinski definition) is 2. The fourth-order valence-electron chi connectivity index (χ4n) is 3.69. The summed E-state index contributed by atoms with van der Waals surface area (Å²) in [6.45, 7) is 6.23. The average Bonchev–Trinajstić information content (AvgIpc) is 2.71. The van der Waals surface area contributed by atoms with Gasteiger partial charge in [0.1, 0.15) is 0 Å². The molecule has 2 aromatic rings. The maximum Gasteiger partial charge on any atom is 0.269 e. The molecule has 2 N–H and O–H groups in total. The van der Waals surface area contributed by atoms with Crippen molar-refractivity contribution in [3.63, 3.8) is 0 Å². The number of rotatable bonds is 6. The van der Waals surface area contributed by atoms with Crippen molar-refractivity contribution in [1.29, 1.82) is 0 Å². The highest BCUT2D eigenvalue weighted by Crippen LogP contribution is 2.26. The van der Waals surface area contributed by atoms with Gasteiger partial charge in [0.2, 0.25) is 0 Å². The Morgan fingerprint density at radius 3 is 2.28 bits per heavy atom. The highest BCUT2D eigenvalue weighted by molar-refractivity contribution is 7.80. The van der Waals surface area contributed by atoms with Crippen LogP contribution in [0.25, 0.3) is 0 Å². The summed E-state index contributed by atoms with van der Waals surface area (Å²) in [6, 6.07) is 17.0. The molecule has 0 bridgehead atoms. The number of piperazine rings is 1. The summed E-state index contributed by atoms with van der Waals surface area (Å²) < 4.78 is 0. The van der Waals surface area contributed by atoms with E-state index in [0.717, 1.165) is 31.9 Å². The van der Waals surface area contributed by atoms with Crippen molar-refractivity contribution >= 4 is 28.7 Å². The molecular weight excluding hydrogens is 386 g/mol. The molecule has 1 aliphatic rings. The first-order valence-corrected chi connectivity index (χ1v) is 10.1. The van der Waals surface area contributed by atoms with Gasteiger partial charge >= 0.3 is 0 Å². The number of likely N-dealkylation sites (N-methyl/N-ethyl adjacent to an activating group) is 1. The van der Waals surface area contributed by atoms with E-state index in [4.69, 9.17) is 12.2 Å². The van der Waals surface area contributed by atoms with Crippen LogP contribution >= 0.6 is 12.2 Å². The van der Waals surface area contributed by atoms with Crippen molar-refractivity contribution in [3.05, 3.63) is 70.3 Å². The van der Waals surface area contributed by atoms with Gasteiger partial charge in [0.25, 0.3) is 5.69 Å². The Kier molecular flexibility index (Phi) is 7.13. The van der Waals surface area contributed by atoms with Gasteiger partial charge in [-0.15, -0.1) is 0 Å². The Bertz CT molecular complexity index is 823. The lowest BCUT2D eigenvalue weighted by Crippen LogP contribution is -2.52. The molecule has 0 amide bonds. The molecule has 2 atom stereocenters. The Hall–Kier alpha value is -2.55. The Labute approximate surface area is 176 Å². The fraction of sp³-hybridized carbons (Fsp3) is 0.381. The monoisotopic (exact) mass is 413 g/mol. The topological polar surface area (TPSA) is 73.7 Å². The van der Waals surface area contributed by atoms with Gasteiger partial charge in [0.05, 0.1) is 11.0 Å². The maximum atomic E-state index is 10.8. The Morgan fingerprint density at radius 1 is 1.07 bits per heavy atom. The van der Waals surface area contributed by atoms with Crippen LogP contribution < -0.4 is 10.6 Å². The first kappa shape index (κ1) is 21.2. The minimum absolute atomic E-state index is 0.0574. The molecule has 154 valence electrons. The lowest BCUT2D eigenvalue weighted by molar-refractivity contribution is -0.384. The molecule has 0 aliphatic carbocycles. The van der Waals surface area contributed by atoms with Crippen LogP contribution in [0.15, 0.2) is 54.6 Å². The van der Waals surface area contributed by atoms with Gasteiger partial charge in [-0.05, 0) is 43.9 Å². The van der Waals surface area contributed by atoms with E-state index in [9.17, 15) is 10.1 Å². The van der Waals surface area contributed by atoms with Gasteiger partial charge < -0.3 is 15.5 Å². The van der Waals surface area contributed by atoms with Crippen molar-refractivity contribution in [2.45, 2.75) is 19.0 Å². The van der Waals surface area contributed by atoms with Crippen LogP contribution in [-0.4, -0.2) is 59.1 Å². The number of nitrogens with one attached hydrogen (secondary N) is 2. The van der Waals surface area contributed by atoms with Crippen LogP contribution in [0.1, 0.15) is 18.5 Å². The van der Waals surface area contributed by atoms with Gasteiger partial charge in [-0.1, -0.05) is 30.3 Å². The van der Waals surface area contributed by atoms with Gasteiger partial charge in [0.15, 0.2) is 5.11 Å². The Morgan fingerprint density at radius 2 is 1.69 bits per heavy atom. The number of benzene rings is 2. The molecular formula is C21H27N5O2S. The summed E-state index contributed by atoms with van der Waals surface area (Å²) in [5.74, 6) is 0. The second kappa shape index (κ2) is 9.78. The lowest BCUT2D eigenvalue weighted by atomic mass is 9.98. The average molecular weight is 414 g/mol. The van der Waals surface area contributed by atoms with E-state index >= 15 is 0 Å². The summed E-state index contributed by atoms with van der Waals surface area (Å²) in [6.07, 6.45) is 0. The number of hydrogen-bond acceptors (Lipinski definition) is 5. The molecule has 3 rings (SSSR count). The minimum atomic E-state index is -0.414. The molecule has 0 radical (unpaired) electrons. The van der Waals surface area contributed by atoms with E-state index in [1.165, 1.54) is 17.7 Å².